The van der Waals surface area contributed by atoms with Gasteiger partial charge in [0.05, 0.1) is 18.1 Å². The molecule has 43 heavy (non-hydrogen) atoms. The largest absolute Gasteiger partial charge is 0.496 e. The average molecular weight is 588 g/mol. The fourth-order valence-electron chi connectivity index (χ4n) is 6.73. The van der Waals surface area contributed by atoms with E-state index in [2.05, 4.69) is 56.5 Å². The van der Waals surface area contributed by atoms with Crippen molar-refractivity contribution in [3.8, 4) is 5.75 Å². The molecule has 3 aromatic carbocycles. The summed E-state index contributed by atoms with van der Waals surface area (Å²) in [5, 5.41) is 3.63. The van der Waals surface area contributed by atoms with Crippen molar-refractivity contribution in [1.82, 2.24) is 19.8 Å². The summed E-state index contributed by atoms with van der Waals surface area (Å²) in [6.45, 7) is 8.75. The molecule has 2 aliphatic rings. The Hall–Kier alpha value is -3.92. The fraction of sp³-hybridized carbons (Fsp3) is 0.412. The third-order valence-corrected chi connectivity index (χ3v) is 9.44. The van der Waals surface area contributed by atoms with E-state index in [0.717, 1.165) is 97.8 Å². The molecule has 3 heterocycles. The van der Waals surface area contributed by atoms with E-state index in [1.54, 1.807) is 7.11 Å². The number of carbonyl (C=O) groups is 1. The molecule has 0 radical (unpaired) electrons. The molecule has 1 unspecified atom stereocenters. The second kappa shape index (κ2) is 13.6. The highest BCUT2D eigenvalue weighted by molar-refractivity contribution is 5.96. The number of ether oxygens (including phenoxy) is 1. The van der Waals surface area contributed by atoms with Gasteiger partial charge in [0.2, 0.25) is 5.95 Å². The Morgan fingerprint density at radius 2 is 1.70 bits per heavy atom. The first kappa shape index (κ1) is 32.0. The van der Waals surface area contributed by atoms with Gasteiger partial charge in [0.15, 0.2) is 0 Å². The minimum absolute atomic E-state index is 0. The third kappa shape index (κ3) is 6.54. The first-order valence-electron chi connectivity index (χ1n) is 14.9. The summed E-state index contributed by atoms with van der Waals surface area (Å²) in [7, 11) is 1.68. The number of nitrogens with one attached hydrogen (secondary N) is 2. The van der Waals surface area contributed by atoms with Crippen LogP contribution in [0.4, 0.5) is 5.95 Å². The van der Waals surface area contributed by atoms with Crippen molar-refractivity contribution in [2.45, 2.75) is 51.0 Å². The zero-order valence-corrected chi connectivity index (χ0v) is 25.5. The minimum Gasteiger partial charge on any atom is -0.496 e. The van der Waals surface area contributed by atoms with Crippen LogP contribution in [-0.2, 0) is 5.41 Å². The number of likely N-dealkylation sites (tertiary alicyclic amines) is 2. The van der Waals surface area contributed by atoms with Crippen LogP contribution in [0, 0.1) is 13.8 Å². The third-order valence-electron chi connectivity index (χ3n) is 9.44. The van der Waals surface area contributed by atoms with Gasteiger partial charge >= 0.3 is 0 Å². The summed E-state index contributed by atoms with van der Waals surface area (Å²) in [6, 6.07) is 23.3. The summed E-state index contributed by atoms with van der Waals surface area (Å²) in [4.78, 5) is 26.5. The van der Waals surface area contributed by atoms with Crippen LogP contribution >= 0.6 is 0 Å². The Morgan fingerprint density at radius 1 is 0.977 bits per heavy atom. The lowest BCUT2D eigenvalue weighted by molar-refractivity contribution is 0.0779. The average Bonchev–Trinajstić information content (AvgIpc) is 3.63. The maximum absolute atomic E-state index is 13.7. The van der Waals surface area contributed by atoms with Gasteiger partial charge in [-0.15, -0.1) is 0 Å². The van der Waals surface area contributed by atoms with Crippen LogP contribution in [0.5, 0.6) is 5.75 Å². The van der Waals surface area contributed by atoms with Crippen LogP contribution in [0.2, 0.25) is 0 Å². The van der Waals surface area contributed by atoms with Crippen molar-refractivity contribution < 1.29 is 20.5 Å². The zero-order chi connectivity index (χ0) is 28.4. The van der Waals surface area contributed by atoms with E-state index in [1.807, 2.05) is 44.2 Å². The highest BCUT2D eigenvalue weighted by Crippen LogP contribution is 2.39. The molecular formula is C34H45N5O4. The number of para-hydroxylation sites is 2. The topological polar surface area (TPSA) is 136 Å². The number of aromatic amines is 1. The van der Waals surface area contributed by atoms with Gasteiger partial charge in [-0.05, 0) is 87.0 Å². The first-order chi connectivity index (χ1) is 20.0. The van der Waals surface area contributed by atoms with Gasteiger partial charge in [-0.2, -0.15) is 0 Å². The van der Waals surface area contributed by atoms with Gasteiger partial charge in [0.25, 0.3) is 5.91 Å². The molecule has 4 aromatic rings. The molecule has 0 bridgehead atoms. The number of nitrogens with zero attached hydrogens (tertiary/aromatic N) is 3. The van der Waals surface area contributed by atoms with Crippen molar-refractivity contribution in [3.63, 3.8) is 0 Å². The molecule has 0 saturated carbocycles. The Balaban J connectivity index is 0.00000212. The molecule has 9 nitrogen and oxygen atoms in total. The van der Waals surface area contributed by atoms with Crippen LogP contribution in [0.3, 0.4) is 0 Å². The molecule has 9 heteroatoms. The molecule has 2 saturated heterocycles. The number of aromatic nitrogens is 2. The molecule has 2 fully saturated rings. The number of carbonyl (C=O) groups excluding carboxylic acids is 1. The number of amides is 1. The van der Waals surface area contributed by atoms with Gasteiger partial charge < -0.3 is 35.8 Å². The Morgan fingerprint density at radius 3 is 2.42 bits per heavy atom. The maximum Gasteiger partial charge on any atom is 0.254 e. The van der Waals surface area contributed by atoms with Crippen molar-refractivity contribution in [3.05, 3.63) is 89.0 Å². The number of H-pyrrole nitrogens is 1. The van der Waals surface area contributed by atoms with Crippen molar-refractivity contribution in [2.75, 3.05) is 45.2 Å². The molecule has 1 aromatic heterocycles. The van der Waals surface area contributed by atoms with E-state index in [0.29, 0.717) is 6.04 Å². The van der Waals surface area contributed by atoms with Gasteiger partial charge in [-0.25, -0.2) is 4.98 Å². The van der Waals surface area contributed by atoms with Crippen LogP contribution in [-0.4, -0.2) is 82.5 Å². The predicted octanol–water partition coefficient (Wildman–Crippen LogP) is 4.29. The molecule has 2 aliphatic heterocycles. The number of rotatable bonds is 8. The quantitative estimate of drug-likeness (QED) is 0.317. The van der Waals surface area contributed by atoms with Crippen LogP contribution < -0.4 is 10.1 Å². The number of hydrogen-bond donors (Lipinski definition) is 2. The monoisotopic (exact) mass is 587 g/mol. The lowest BCUT2D eigenvalue weighted by atomic mass is 9.76. The molecular weight excluding hydrogens is 542 g/mol. The van der Waals surface area contributed by atoms with Gasteiger partial charge in [-0.3, -0.25) is 4.79 Å². The second-order valence-corrected chi connectivity index (χ2v) is 11.8. The summed E-state index contributed by atoms with van der Waals surface area (Å²) in [6.07, 6.45) is 4.22. The summed E-state index contributed by atoms with van der Waals surface area (Å²) in [5.41, 5.74) is 6.21. The first-order valence-corrected chi connectivity index (χ1v) is 14.9. The number of imidazole rings is 1. The Bertz CT molecular complexity index is 1480. The maximum atomic E-state index is 13.7. The van der Waals surface area contributed by atoms with E-state index in [4.69, 9.17) is 9.72 Å². The molecule has 6 N–H and O–H groups in total. The van der Waals surface area contributed by atoms with E-state index in [-0.39, 0.29) is 22.3 Å². The zero-order valence-electron chi connectivity index (χ0n) is 25.5. The van der Waals surface area contributed by atoms with E-state index >= 15 is 0 Å². The lowest BCUT2D eigenvalue weighted by Crippen LogP contribution is -2.42. The standard InChI is InChI=1S/C34H41N5O2.2H2O/c1-24-25(2)31(41-3)14-13-28(24)32(40)39-22-18-34(23-39,26-9-5-4-6-10-26)17-21-38-19-15-27(16-20-38)35-33-36-29-11-7-8-12-30(29)37-33;;/h4-14,27H,15-23H2,1-3H3,(H2,35,36,37);2*1H2. The number of fused-ring (bicyclic) bond motifs is 1. The van der Waals surface area contributed by atoms with Gasteiger partial charge in [0, 0.05) is 43.2 Å². The van der Waals surface area contributed by atoms with Crippen LogP contribution in [0.1, 0.15) is 52.7 Å². The molecule has 1 atom stereocenters. The SMILES string of the molecule is COc1ccc(C(=O)N2CCC(CCN3CCC(Nc4nc5ccccc5[nH]4)CC3)(c3ccccc3)C2)c(C)c1C.O.O. The number of methoxy groups -OCH3 is 1. The summed E-state index contributed by atoms with van der Waals surface area (Å²) < 4.78 is 5.48. The van der Waals surface area contributed by atoms with Crippen molar-refractivity contribution in [1.29, 1.82) is 0 Å². The van der Waals surface area contributed by atoms with Crippen molar-refractivity contribution >= 4 is 22.9 Å². The number of anilines is 1. The number of hydrogen-bond acceptors (Lipinski definition) is 5. The molecule has 6 rings (SSSR count). The fourth-order valence-corrected chi connectivity index (χ4v) is 6.73. The van der Waals surface area contributed by atoms with Gasteiger partial charge in [0.1, 0.15) is 5.75 Å². The van der Waals surface area contributed by atoms with Crippen LogP contribution in [0.15, 0.2) is 66.7 Å². The summed E-state index contributed by atoms with van der Waals surface area (Å²) in [5.74, 6) is 1.82. The Labute approximate surface area is 253 Å². The Kier molecular flexibility index (Phi) is 10.1. The smallest absolute Gasteiger partial charge is 0.254 e. The predicted molar refractivity (Wildman–Crippen MR) is 172 cm³/mol. The van der Waals surface area contributed by atoms with E-state index < -0.39 is 0 Å². The van der Waals surface area contributed by atoms with E-state index in [1.165, 1.54) is 5.56 Å². The second-order valence-electron chi connectivity index (χ2n) is 11.8. The minimum atomic E-state index is -0.0320. The number of benzene rings is 3. The van der Waals surface area contributed by atoms with E-state index in [9.17, 15) is 4.79 Å². The highest BCUT2D eigenvalue weighted by Gasteiger charge is 2.42. The van der Waals surface area contributed by atoms with Crippen molar-refractivity contribution in [2.24, 2.45) is 0 Å². The highest BCUT2D eigenvalue weighted by atomic mass is 16.5. The van der Waals surface area contributed by atoms with Gasteiger partial charge in [-0.1, -0.05) is 42.5 Å². The van der Waals surface area contributed by atoms with Crippen LogP contribution in [0.25, 0.3) is 11.0 Å². The number of piperidine rings is 1. The normalized spacial score (nSPS) is 19.1. The molecule has 230 valence electrons. The molecule has 0 aliphatic carbocycles. The summed E-state index contributed by atoms with van der Waals surface area (Å²) >= 11 is 0. The lowest BCUT2D eigenvalue weighted by Gasteiger charge is -2.36. The molecule has 0 spiro atoms. The molecule has 1 amide bonds.